The van der Waals surface area contributed by atoms with E-state index in [0.29, 0.717) is 18.4 Å². The summed E-state index contributed by atoms with van der Waals surface area (Å²) in [5.41, 5.74) is 9.18. The summed E-state index contributed by atoms with van der Waals surface area (Å²) >= 11 is 3.58. The quantitative estimate of drug-likeness (QED) is 0.198. The van der Waals surface area contributed by atoms with Crippen LogP contribution in [0.1, 0.15) is 38.9 Å². The van der Waals surface area contributed by atoms with Crippen molar-refractivity contribution < 1.29 is 0 Å². The second kappa shape index (κ2) is 11.6. The van der Waals surface area contributed by atoms with Crippen molar-refractivity contribution in [1.29, 1.82) is 0 Å². The number of hydrogen-bond acceptors (Lipinski definition) is 4. The Morgan fingerprint density at radius 1 is 0.550 bits per heavy atom. The van der Waals surface area contributed by atoms with Crippen molar-refractivity contribution in [3.8, 4) is 71.9 Å². The molecule has 0 atom stereocenters. The molecule has 0 bridgehead atoms. The molecule has 6 nitrogen and oxygen atoms in total. The van der Waals surface area contributed by atoms with E-state index in [4.69, 9.17) is 25.7 Å². The van der Waals surface area contributed by atoms with E-state index in [1.165, 1.54) is 0 Å². The van der Waals surface area contributed by atoms with Crippen LogP contribution < -0.4 is 0 Å². The first-order chi connectivity index (χ1) is 19.5. The normalized spacial score (nSPS) is 10.3. The summed E-state index contributed by atoms with van der Waals surface area (Å²) in [4.78, 5) is 0. The highest BCUT2D eigenvalue weighted by atomic mass is 79.9. The summed E-state index contributed by atoms with van der Waals surface area (Å²) in [6.07, 6.45) is 26.1. The van der Waals surface area contributed by atoms with Gasteiger partial charge >= 0.3 is 0 Å². The molecule has 40 heavy (non-hydrogen) atoms. The minimum Gasteiger partial charge on any atom is -0.247 e. The molecular weight excluding hydrogens is 560 g/mol. The van der Waals surface area contributed by atoms with Crippen molar-refractivity contribution in [1.82, 2.24) is 30.0 Å². The monoisotopic (exact) mass is 580 g/mol. The maximum absolute atomic E-state index is 5.59. The summed E-state index contributed by atoms with van der Waals surface area (Å²) < 4.78 is 3.52. The van der Waals surface area contributed by atoms with Gasteiger partial charge in [-0.25, -0.2) is 9.36 Å². The maximum atomic E-state index is 5.59. The fourth-order valence-electron chi connectivity index (χ4n) is 4.35. The molecule has 190 valence electrons. The van der Waals surface area contributed by atoms with Crippen LogP contribution in [0.2, 0.25) is 0 Å². The SMILES string of the molecule is C#Cc1cc(C#C)cc(Cn2cc(-c3cc(CBr)cc(-c4cn(Cc5cc(C#C)cc(C#C)c5)nn4)c3)nn2)c1. The van der Waals surface area contributed by atoms with Crippen molar-refractivity contribution in [2.45, 2.75) is 18.4 Å². The zero-order chi connectivity index (χ0) is 28.1. The summed E-state index contributed by atoms with van der Waals surface area (Å²) in [6, 6.07) is 17.5. The fraction of sp³-hybridized carbons (Fsp3) is 0.0909. The summed E-state index contributed by atoms with van der Waals surface area (Å²) in [7, 11) is 0. The highest BCUT2D eigenvalue weighted by Gasteiger charge is 2.12. The van der Waals surface area contributed by atoms with Crippen molar-refractivity contribution in [3.63, 3.8) is 0 Å². The Labute approximate surface area is 241 Å². The Bertz CT molecular complexity index is 1700. The summed E-state index contributed by atoms with van der Waals surface area (Å²) in [5, 5.41) is 18.1. The number of rotatable bonds is 7. The van der Waals surface area contributed by atoms with Crippen LogP contribution in [0.4, 0.5) is 0 Å². The van der Waals surface area contributed by atoms with Crippen molar-refractivity contribution in [2.75, 3.05) is 0 Å². The Morgan fingerprint density at radius 3 is 1.30 bits per heavy atom. The zero-order valence-corrected chi connectivity index (χ0v) is 22.9. The number of nitrogens with zero attached hydrogens (tertiary/aromatic N) is 6. The molecular formula is C33H21BrN6. The molecule has 0 unspecified atom stereocenters. The van der Waals surface area contributed by atoms with Gasteiger partial charge in [-0.2, -0.15) is 0 Å². The van der Waals surface area contributed by atoms with Gasteiger partial charge < -0.3 is 0 Å². The average molecular weight is 581 g/mol. The molecule has 7 heteroatoms. The van der Waals surface area contributed by atoms with E-state index in [1.54, 1.807) is 9.36 Å². The van der Waals surface area contributed by atoms with Gasteiger partial charge in [0.1, 0.15) is 11.4 Å². The van der Waals surface area contributed by atoms with Gasteiger partial charge in [-0.05, 0) is 71.3 Å². The summed E-state index contributed by atoms with van der Waals surface area (Å²) in [5.74, 6) is 10.6. The highest BCUT2D eigenvalue weighted by molar-refractivity contribution is 9.08. The molecule has 0 saturated heterocycles. The molecule has 2 aromatic heterocycles. The Kier molecular flexibility index (Phi) is 7.61. The van der Waals surface area contributed by atoms with Gasteiger partial charge in [0.15, 0.2) is 0 Å². The first kappa shape index (κ1) is 26.3. The van der Waals surface area contributed by atoms with E-state index in [9.17, 15) is 0 Å². The summed E-state index contributed by atoms with van der Waals surface area (Å²) in [6.45, 7) is 0.970. The largest absolute Gasteiger partial charge is 0.247 e. The van der Waals surface area contributed by atoms with Crippen LogP contribution in [0.25, 0.3) is 22.5 Å². The average Bonchev–Trinajstić information content (AvgIpc) is 3.66. The fourth-order valence-corrected chi connectivity index (χ4v) is 4.68. The van der Waals surface area contributed by atoms with Crippen molar-refractivity contribution in [3.05, 3.63) is 106 Å². The van der Waals surface area contributed by atoms with Gasteiger partial charge in [-0.1, -0.05) is 50.0 Å². The molecule has 0 aliphatic rings. The molecule has 0 N–H and O–H groups in total. The molecule has 0 amide bonds. The lowest BCUT2D eigenvalue weighted by Crippen LogP contribution is -2.01. The molecule has 0 saturated carbocycles. The molecule has 0 radical (unpaired) electrons. The van der Waals surface area contributed by atoms with Gasteiger partial charge in [0, 0.05) is 38.7 Å². The molecule has 0 aliphatic carbocycles. The van der Waals surface area contributed by atoms with Crippen molar-refractivity contribution in [2.24, 2.45) is 0 Å². The van der Waals surface area contributed by atoms with Gasteiger partial charge in [0.25, 0.3) is 0 Å². The van der Waals surface area contributed by atoms with E-state index < -0.39 is 0 Å². The van der Waals surface area contributed by atoms with Crippen LogP contribution in [0.5, 0.6) is 0 Å². The smallest absolute Gasteiger partial charge is 0.113 e. The number of halogens is 1. The van der Waals surface area contributed by atoms with Gasteiger partial charge in [-0.3, -0.25) is 0 Å². The first-order valence-electron chi connectivity index (χ1n) is 12.2. The molecule has 3 aromatic carbocycles. The number of aromatic nitrogens is 6. The third-order valence-electron chi connectivity index (χ3n) is 6.16. The number of alkyl halides is 1. The van der Waals surface area contributed by atoms with Crippen LogP contribution >= 0.6 is 15.9 Å². The van der Waals surface area contributed by atoms with Crippen LogP contribution in [0, 0.1) is 49.4 Å². The molecule has 0 spiro atoms. The van der Waals surface area contributed by atoms with Gasteiger partial charge in [0.2, 0.25) is 0 Å². The molecule has 5 rings (SSSR count). The topological polar surface area (TPSA) is 61.4 Å². The number of terminal acetylenes is 4. The lowest BCUT2D eigenvalue weighted by Gasteiger charge is -2.06. The lowest BCUT2D eigenvalue weighted by molar-refractivity contribution is 0.649. The molecule has 0 aliphatic heterocycles. The van der Waals surface area contributed by atoms with E-state index in [-0.39, 0.29) is 0 Å². The number of benzene rings is 3. The van der Waals surface area contributed by atoms with Crippen LogP contribution in [0.15, 0.2) is 67.0 Å². The molecule has 5 aromatic rings. The molecule has 2 heterocycles. The predicted octanol–water partition coefficient (Wildman–Crippen LogP) is 5.12. The second-order valence-electron chi connectivity index (χ2n) is 9.07. The minimum absolute atomic E-state index is 0.485. The molecule has 0 fully saturated rings. The minimum atomic E-state index is 0.485. The van der Waals surface area contributed by atoms with Crippen LogP contribution in [0.3, 0.4) is 0 Å². The lowest BCUT2D eigenvalue weighted by atomic mass is 10.0. The van der Waals surface area contributed by atoms with Gasteiger partial charge in [0.05, 0.1) is 25.5 Å². The van der Waals surface area contributed by atoms with E-state index in [0.717, 1.165) is 61.5 Å². The Balaban J connectivity index is 1.41. The third kappa shape index (κ3) is 5.87. The highest BCUT2D eigenvalue weighted by Crippen LogP contribution is 2.27. The zero-order valence-electron chi connectivity index (χ0n) is 21.3. The second-order valence-corrected chi connectivity index (χ2v) is 9.63. The van der Waals surface area contributed by atoms with Crippen molar-refractivity contribution >= 4 is 15.9 Å². The number of hydrogen-bond donors (Lipinski definition) is 0. The van der Waals surface area contributed by atoms with Crippen LogP contribution in [-0.2, 0) is 18.4 Å². The first-order valence-corrected chi connectivity index (χ1v) is 13.3. The van der Waals surface area contributed by atoms with Crippen LogP contribution in [-0.4, -0.2) is 30.0 Å². The van der Waals surface area contributed by atoms with E-state index in [2.05, 4.69) is 72.4 Å². The Morgan fingerprint density at radius 2 is 0.950 bits per heavy atom. The standard InChI is InChI=1S/C33H21BrN6/c1-5-23-9-24(6-2)12-28(11-23)19-39-21-32(35-37-39)30-15-27(18-34)16-31(17-30)33-22-40(38-36-33)20-29-13-25(7-3)10-26(8-4)14-29/h1-4,9-17,21-22H,18-20H2. The third-order valence-corrected chi connectivity index (χ3v) is 6.80. The Hall–Kier alpha value is -5.34. The van der Waals surface area contributed by atoms with Gasteiger partial charge in [-0.15, -0.1) is 35.9 Å². The van der Waals surface area contributed by atoms with E-state index in [1.807, 2.05) is 54.9 Å². The maximum Gasteiger partial charge on any atom is 0.113 e. The predicted molar refractivity (Wildman–Crippen MR) is 160 cm³/mol. The van der Waals surface area contributed by atoms with E-state index >= 15 is 0 Å².